The van der Waals surface area contributed by atoms with Crippen LogP contribution in [0.5, 0.6) is 0 Å². The molecule has 2 aromatic rings. The topological polar surface area (TPSA) is 108 Å². The molecule has 8 nitrogen and oxygen atoms in total. The minimum Gasteiger partial charge on any atom is -0.481 e. The van der Waals surface area contributed by atoms with Crippen molar-refractivity contribution in [2.24, 2.45) is 0 Å². The summed E-state index contributed by atoms with van der Waals surface area (Å²) in [4.78, 5) is 51.1. The molecule has 1 aliphatic rings. The van der Waals surface area contributed by atoms with Gasteiger partial charge >= 0.3 is 5.97 Å². The van der Waals surface area contributed by atoms with Gasteiger partial charge < -0.3 is 14.4 Å². The van der Waals surface area contributed by atoms with Gasteiger partial charge in [0.05, 0.1) is 31.3 Å². The molecule has 1 fully saturated rings. The number of aliphatic carboxylic acids is 1. The van der Waals surface area contributed by atoms with Crippen LogP contribution in [0.3, 0.4) is 0 Å². The Morgan fingerprint density at radius 2 is 1.89 bits per heavy atom. The minimum atomic E-state index is -1.12. The Labute approximate surface area is 165 Å². The Bertz CT molecular complexity index is 894. The van der Waals surface area contributed by atoms with Crippen LogP contribution < -0.4 is 4.90 Å². The van der Waals surface area contributed by atoms with Crippen molar-refractivity contribution in [3.05, 3.63) is 53.4 Å². The van der Waals surface area contributed by atoms with Crippen LogP contribution in [0.4, 0.5) is 5.69 Å². The third kappa shape index (κ3) is 4.23. The average Bonchev–Trinajstić information content (AvgIpc) is 3.26. The van der Waals surface area contributed by atoms with E-state index in [2.05, 4.69) is 0 Å². The molecule has 1 aromatic carbocycles. The molecule has 1 aromatic heterocycles. The maximum absolute atomic E-state index is 12.9. The van der Waals surface area contributed by atoms with Crippen LogP contribution in [-0.2, 0) is 25.7 Å². The Hall–Kier alpha value is -3.13. The first-order valence-corrected chi connectivity index (χ1v) is 8.90. The quantitative estimate of drug-likeness (QED) is 0.710. The van der Waals surface area contributed by atoms with Gasteiger partial charge in [0, 0.05) is 11.4 Å². The number of carboxylic acids is 1. The zero-order chi connectivity index (χ0) is 20.3. The third-order valence-electron chi connectivity index (χ3n) is 4.36. The molecular weight excluding hydrogens is 388 g/mol. The van der Waals surface area contributed by atoms with Gasteiger partial charge in [-0.2, -0.15) is 0 Å². The Morgan fingerprint density at radius 3 is 2.50 bits per heavy atom. The highest BCUT2D eigenvalue weighted by Crippen LogP contribution is 2.28. The number of furan rings is 1. The number of carboxylic acid groups (broad SMARTS) is 1. The third-order valence-corrected chi connectivity index (χ3v) is 4.62. The van der Waals surface area contributed by atoms with Gasteiger partial charge in [0.2, 0.25) is 11.8 Å². The Balaban J connectivity index is 1.85. The van der Waals surface area contributed by atoms with Crippen LogP contribution in [0.1, 0.15) is 25.0 Å². The SMILES string of the molecule is O=C(O)CCC(=O)N(Cc1ccco1)[C@@H]1CC(=O)N(c2ccc(Cl)cc2)C1=O. The molecule has 0 saturated carbocycles. The highest BCUT2D eigenvalue weighted by molar-refractivity contribution is 6.30. The second-order valence-electron chi connectivity index (χ2n) is 6.26. The van der Waals surface area contributed by atoms with Gasteiger partial charge in [0.15, 0.2) is 0 Å². The summed E-state index contributed by atoms with van der Waals surface area (Å²) in [7, 11) is 0. The molecule has 0 unspecified atom stereocenters. The molecule has 2 heterocycles. The van der Waals surface area contributed by atoms with Crippen molar-refractivity contribution in [1.29, 1.82) is 0 Å². The van der Waals surface area contributed by atoms with Crippen LogP contribution in [-0.4, -0.2) is 39.7 Å². The molecule has 3 amide bonds. The molecule has 28 heavy (non-hydrogen) atoms. The van der Waals surface area contributed by atoms with Gasteiger partial charge in [-0.1, -0.05) is 11.6 Å². The number of anilines is 1. The van der Waals surface area contributed by atoms with Gasteiger partial charge in [0.1, 0.15) is 11.8 Å². The second kappa shape index (κ2) is 8.26. The van der Waals surface area contributed by atoms with Gasteiger partial charge in [-0.3, -0.25) is 19.2 Å². The molecule has 0 aliphatic carbocycles. The van der Waals surface area contributed by atoms with E-state index >= 15 is 0 Å². The molecule has 9 heteroatoms. The summed E-state index contributed by atoms with van der Waals surface area (Å²) in [5.41, 5.74) is 0.359. The molecule has 146 valence electrons. The lowest BCUT2D eigenvalue weighted by atomic mass is 10.1. The van der Waals surface area contributed by atoms with E-state index in [-0.39, 0.29) is 25.8 Å². The predicted molar refractivity (Wildman–Crippen MR) is 98.5 cm³/mol. The second-order valence-corrected chi connectivity index (χ2v) is 6.69. The standard InChI is InChI=1S/C19H17ClN2O6/c20-12-3-5-13(6-4-12)22-17(24)10-15(19(22)27)21(11-14-2-1-9-28-14)16(23)7-8-18(25)26/h1-6,9,15H,7-8,10-11H2,(H,25,26)/t15-/m1/s1. The first-order chi connectivity index (χ1) is 13.4. The highest BCUT2D eigenvalue weighted by Gasteiger charge is 2.44. The highest BCUT2D eigenvalue weighted by atomic mass is 35.5. The number of rotatable bonds is 7. The fraction of sp³-hybridized carbons (Fsp3) is 0.263. The number of imide groups is 1. The number of carbonyl (C=O) groups is 4. The number of hydrogen-bond acceptors (Lipinski definition) is 5. The first kappa shape index (κ1) is 19.6. The average molecular weight is 405 g/mol. The zero-order valence-electron chi connectivity index (χ0n) is 14.7. The molecule has 0 radical (unpaired) electrons. The van der Waals surface area contributed by atoms with Crippen molar-refractivity contribution < 1.29 is 28.7 Å². The van der Waals surface area contributed by atoms with Gasteiger partial charge in [-0.05, 0) is 36.4 Å². The van der Waals surface area contributed by atoms with Crippen LogP contribution in [0.15, 0.2) is 47.1 Å². The summed E-state index contributed by atoms with van der Waals surface area (Å²) >= 11 is 5.85. The largest absolute Gasteiger partial charge is 0.481 e. The van der Waals surface area contributed by atoms with Crippen molar-refractivity contribution >= 4 is 41.0 Å². The lowest BCUT2D eigenvalue weighted by Crippen LogP contribution is -2.45. The molecule has 1 N–H and O–H groups in total. The molecule has 3 rings (SSSR count). The predicted octanol–water partition coefficient (Wildman–Crippen LogP) is 2.46. The molecule has 1 saturated heterocycles. The number of nitrogens with zero attached hydrogens (tertiary/aromatic N) is 2. The van der Waals surface area contributed by atoms with Crippen LogP contribution >= 0.6 is 11.6 Å². The number of halogens is 1. The summed E-state index contributed by atoms with van der Waals surface area (Å²) in [6, 6.07) is 8.45. The maximum atomic E-state index is 12.9. The van der Waals surface area contributed by atoms with Crippen molar-refractivity contribution in [3.63, 3.8) is 0 Å². The summed E-state index contributed by atoms with van der Waals surface area (Å²) in [5, 5.41) is 9.30. The number of hydrogen-bond donors (Lipinski definition) is 1. The fourth-order valence-corrected chi connectivity index (χ4v) is 3.15. The monoisotopic (exact) mass is 404 g/mol. The van der Waals surface area contributed by atoms with Crippen molar-refractivity contribution in [2.75, 3.05) is 4.90 Å². The van der Waals surface area contributed by atoms with Crippen molar-refractivity contribution in [2.45, 2.75) is 31.8 Å². The van der Waals surface area contributed by atoms with E-state index < -0.39 is 29.7 Å². The molecular formula is C19H17ClN2O6. The van der Waals surface area contributed by atoms with E-state index in [0.717, 1.165) is 4.90 Å². The van der Waals surface area contributed by atoms with Gasteiger partial charge in [-0.25, -0.2) is 4.90 Å². The number of carbonyl (C=O) groups excluding carboxylic acids is 3. The van der Waals surface area contributed by atoms with E-state index in [4.69, 9.17) is 21.1 Å². The van der Waals surface area contributed by atoms with Crippen molar-refractivity contribution in [3.8, 4) is 0 Å². The summed E-state index contributed by atoms with van der Waals surface area (Å²) in [5.74, 6) is -2.24. The number of benzene rings is 1. The maximum Gasteiger partial charge on any atom is 0.303 e. The van der Waals surface area contributed by atoms with Crippen LogP contribution in [0.25, 0.3) is 0 Å². The van der Waals surface area contributed by atoms with Crippen LogP contribution in [0.2, 0.25) is 5.02 Å². The van der Waals surface area contributed by atoms with Gasteiger partial charge in [-0.15, -0.1) is 0 Å². The Morgan fingerprint density at radius 1 is 1.18 bits per heavy atom. The fourth-order valence-electron chi connectivity index (χ4n) is 3.02. The molecule has 0 bridgehead atoms. The first-order valence-electron chi connectivity index (χ1n) is 8.53. The van der Waals surface area contributed by atoms with E-state index in [1.54, 1.807) is 36.4 Å². The van der Waals surface area contributed by atoms with Gasteiger partial charge in [0.25, 0.3) is 5.91 Å². The smallest absolute Gasteiger partial charge is 0.303 e. The molecule has 1 aliphatic heterocycles. The minimum absolute atomic E-state index is 0.0381. The van der Waals surface area contributed by atoms with E-state index in [9.17, 15) is 19.2 Å². The summed E-state index contributed by atoms with van der Waals surface area (Å²) in [6.07, 6.45) is 0.579. The zero-order valence-corrected chi connectivity index (χ0v) is 15.5. The summed E-state index contributed by atoms with van der Waals surface area (Å²) < 4.78 is 5.25. The van der Waals surface area contributed by atoms with E-state index in [1.165, 1.54) is 11.2 Å². The lowest BCUT2D eigenvalue weighted by molar-refractivity contribution is -0.143. The normalized spacial score (nSPS) is 16.5. The molecule has 0 spiro atoms. The molecule has 1 atom stereocenters. The van der Waals surface area contributed by atoms with E-state index in [1.807, 2.05) is 0 Å². The Kier molecular flexibility index (Phi) is 5.79. The van der Waals surface area contributed by atoms with Crippen LogP contribution in [0, 0.1) is 0 Å². The van der Waals surface area contributed by atoms with Crippen molar-refractivity contribution in [1.82, 2.24) is 4.90 Å². The summed E-state index contributed by atoms with van der Waals surface area (Å²) in [6.45, 7) is -0.0381. The number of amides is 3. The van der Waals surface area contributed by atoms with E-state index in [0.29, 0.717) is 16.5 Å². The lowest BCUT2D eigenvalue weighted by Gasteiger charge is -2.26.